The van der Waals surface area contributed by atoms with E-state index < -0.39 is 17.9 Å². The zero-order chi connectivity index (χ0) is 20.1. The van der Waals surface area contributed by atoms with Crippen LogP contribution >= 0.6 is 0 Å². The number of hydrogen-bond acceptors (Lipinski definition) is 7. The first kappa shape index (κ1) is 19.0. The molecule has 3 rings (SSSR count). The number of hydrogen-bond donors (Lipinski definition) is 2. The minimum atomic E-state index is -1.43. The Hall–Kier alpha value is -3.75. The molecule has 1 atom stereocenters. The smallest absolute Gasteiger partial charge is 0.277 e. The summed E-state index contributed by atoms with van der Waals surface area (Å²) in [4.78, 5) is 35.8. The maximum absolute atomic E-state index is 12.3. The lowest BCUT2D eigenvalue weighted by Crippen LogP contribution is -2.49. The summed E-state index contributed by atoms with van der Waals surface area (Å²) in [5.41, 5.74) is 0.696. The lowest BCUT2D eigenvalue weighted by Gasteiger charge is -2.20. The Morgan fingerprint density at radius 3 is 2.57 bits per heavy atom. The normalized spacial score (nSPS) is 11.9. The third-order valence-electron chi connectivity index (χ3n) is 4.18. The zero-order valence-corrected chi connectivity index (χ0v) is 14.7. The fraction of sp³-hybridized carbons (Fsp3) is 0.211. The molecule has 28 heavy (non-hydrogen) atoms. The molecule has 1 heterocycles. The molecule has 0 saturated carbocycles. The molecule has 144 valence electrons. The predicted octanol–water partition coefficient (Wildman–Crippen LogP) is -0.635. The Bertz CT molecular complexity index is 1060. The number of amides is 1. The van der Waals surface area contributed by atoms with E-state index in [1.807, 2.05) is 0 Å². The summed E-state index contributed by atoms with van der Waals surface area (Å²) in [6.45, 7) is -0.0402. The number of aromatic nitrogens is 3. The third kappa shape index (κ3) is 4.50. The molecule has 0 bridgehead atoms. The molecule has 0 fully saturated rings. The number of phenolic OH excluding ortho intramolecular Hbond substituents is 1. The van der Waals surface area contributed by atoms with Crippen molar-refractivity contribution in [2.45, 2.75) is 25.4 Å². The topological polar surface area (TPSA) is 137 Å². The standard InChI is InChI=1S/C19H18N4O5/c24-13-7-5-12(6-8-13)11-16(19(27)28)20-17(25)9-10-23-18(26)14-3-1-2-4-15(14)21-22-23/h1-8,16,24H,9-11H2,(H,20,25)(H,27,28)/p-1/t16-/m0/s1. The summed E-state index contributed by atoms with van der Waals surface area (Å²) in [5, 5.41) is 31.1. The Balaban J connectivity index is 1.63. The number of phenols is 1. The van der Waals surface area contributed by atoms with Gasteiger partial charge in [0.15, 0.2) is 0 Å². The average Bonchev–Trinajstić information content (AvgIpc) is 2.68. The third-order valence-corrected chi connectivity index (χ3v) is 4.18. The number of fused-ring (bicyclic) bond motifs is 1. The van der Waals surface area contributed by atoms with Crippen LogP contribution in [0.25, 0.3) is 10.9 Å². The van der Waals surface area contributed by atoms with E-state index in [9.17, 15) is 24.6 Å². The number of benzene rings is 2. The molecule has 0 aliphatic rings. The van der Waals surface area contributed by atoms with Crippen LogP contribution in [0.1, 0.15) is 12.0 Å². The van der Waals surface area contributed by atoms with Gasteiger partial charge >= 0.3 is 0 Å². The highest BCUT2D eigenvalue weighted by atomic mass is 16.4. The Labute approximate surface area is 159 Å². The summed E-state index contributed by atoms with van der Waals surface area (Å²) in [6, 6.07) is 11.4. The molecule has 0 spiro atoms. The second-order valence-corrected chi connectivity index (χ2v) is 6.19. The van der Waals surface area contributed by atoms with Crippen LogP contribution in [0, 0.1) is 0 Å². The van der Waals surface area contributed by atoms with Crippen LogP contribution in [-0.4, -0.2) is 38.0 Å². The number of aryl methyl sites for hydroxylation is 1. The number of carboxylic acids is 1. The van der Waals surface area contributed by atoms with Gasteiger partial charge < -0.3 is 20.3 Å². The molecule has 1 aromatic heterocycles. The summed E-state index contributed by atoms with van der Waals surface area (Å²) in [6.07, 6.45) is -0.142. The van der Waals surface area contributed by atoms with Gasteiger partial charge in [-0.1, -0.05) is 29.5 Å². The van der Waals surface area contributed by atoms with Crippen molar-refractivity contribution in [3.8, 4) is 5.75 Å². The highest BCUT2D eigenvalue weighted by molar-refractivity contribution is 5.83. The quantitative estimate of drug-likeness (QED) is 0.555. The van der Waals surface area contributed by atoms with Gasteiger partial charge in [-0.25, -0.2) is 4.68 Å². The molecular formula is C19H17N4O5-. The van der Waals surface area contributed by atoms with Gasteiger partial charge in [0, 0.05) is 6.42 Å². The SMILES string of the molecule is O=C(CCn1nnc2ccccc2c1=O)N[C@@H](Cc1ccc(O)cc1)C(=O)[O-]. The Kier molecular flexibility index (Phi) is 5.64. The summed E-state index contributed by atoms with van der Waals surface area (Å²) in [5.74, 6) is -1.93. The molecule has 0 unspecified atom stereocenters. The first-order valence-corrected chi connectivity index (χ1v) is 8.54. The highest BCUT2D eigenvalue weighted by Crippen LogP contribution is 2.11. The van der Waals surface area contributed by atoms with Crippen molar-refractivity contribution in [2.24, 2.45) is 0 Å². The zero-order valence-electron chi connectivity index (χ0n) is 14.7. The minimum absolute atomic E-state index is 0.00405. The molecule has 1 amide bonds. The van der Waals surface area contributed by atoms with E-state index in [1.165, 1.54) is 12.1 Å². The van der Waals surface area contributed by atoms with Crippen molar-refractivity contribution in [2.75, 3.05) is 0 Å². The summed E-state index contributed by atoms with van der Waals surface area (Å²) < 4.78 is 1.07. The molecule has 3 aromatic rings. The molecule has 0 radical (unpaired) electrons. The first-order chi connectivity index (χ1) is 13.4. The number of aromatic hydroxyl groups is 1. The fourth-order valence-corrected chi connectivity index (χ4v) is 2.70. The monoisotopic (exact) mass is 381 g/mol. The minimum Gasteiger partial charge on any atom is -0.548 e. The van der Waals surface area contributed by atoms with E-state index in [-0.39, 0.29) is 30.7 Å². The molecule has 0 saturated heterocycles. The fourth-order valence-electron chi connectivity index (χ4n) is 2.70. The van der Waals surface area contributed by atoms with Gasteiger partial charge in [-0.15, -0.1) is 5.10 Å². The van der Waals surface area contributed by atoms with Crippen LogP contribution in [0.3, 0.4) is 0 Å². The predicted molar refractivity (Wildman–Crippen MR) is 97.2 cm³/mol. The largest absolute Gasteiger partial charge is 0.548 e. The van der Waals surface area contributed by atoms with Gasteiger partial charge in [0.05, 0.1) is 23.9 Å². The molecule has 0 aliphatic heterocycles. The molecule has 2 aromatic carbocycles. The number of aliphatic carboxylic acids is 1. The van der Waals surface area contributed by atoms with Gasteiger partial charge in [0.2, 0.25) is 5.91 Å². The van der Waals surface area contributed by atoms with Crippen molar-refractivity contribution in [3.05, 3.63) is 64.4 Å². The van der Waals surface area contributed by atoms with Crippen molar-refractivity contribution >= 4 is 22.8 Å². The van der Waals surface area contributed by atoms with E-state index in [0.717, 1.165) is 4.68 Å². The van der Waals surface area contributed by atoms with Crippen LogP contribution in [0.2, 0.25) is 0 Å². The summed E-state index contributed by atoms with van der Waals surface area (Å²) in [7, 11) is 0. The lowest BCUT2D eigenvalue weighted by molar-refractivity contribution is -0.308. The molecule has 9 heteroatoms. The van der Waals surface area contributed by atoms with Crippen LogP contribution in [0.4, 0.5) is 0 Å². The maximum Gasteiger partial charge on any atom is 0.277 e. The van der Waals surface area contributed by atoms with Gasteiger partial charge in [0.1, 0.15) is 11.3 Å². The van der Waals surface area contributed by atoms with Gasteiger partial charge in [0.25, 0.3) is 5.56 Å². The van der Waals surface area contributed by atoms with Crippen molar-refractivity contribution in [3.63, 3.8) is 0 Å². The van der Waals surface area contributed by atoms with Gasteiger partial charge in [-0.3, -0.25) is 9.59 Å². The number of carboxylic acid groups (broad SMARTS) is 1. The molecule has 2 N–H and O–H groups in total. The second-order valence-electron chi connectivity index (χ2n) is 6.19. The summed E-state index contributed by atoms with van der Waals surface area (Å²) >= 11 is 0. The molecular weight excluding hydrogens is 364 g/mol. The maximum atomic E-state index is 12.3. The van der Waals surface area contributed by atoms with E-state index >= 15 is 0 Å². The van der Waals surface area contributed by atoms with Gasteiger partial charge in [-0.05, 0) is 36.2 Å². The Morgan fingerprint density at radius 2 is 1.86 bits per heavy atom. The van der Waals surface area contributed by atoms with Crippen molar-refractivity contribution in [1.82, 2.24) is 20.3 Å². The first-order valence-electron chi connectivity index (χ1n) is 8.54. The van der Waals surface area contributed by atoms with E-state index in [2.05, 4.69) is 15.6 Å². The highest BCUT2D eigenvalue weighted by Gasteiger charge is 2.15. The number of nitrogens with one attached hydrogen (secondary N) is 1. The van der Waals surface area contributed by atoms with E-state index in [4.69, 9.17) is 0 Å². The van der Waals surface area contributed by atoms with Crippen LogP contribution in [0.5, 0.6) is 5.75 Å². The lowest BCUT2D eigenvalue weighted by atomic mass is 10.1. The van der Waals surface area contributed by atoms with Gasteiger partial charge in [-0.2, -0.15) is 0 Å². The van der Waals surface area contributed by atoms with Crippen molar-refractivity contribution < 1.29 is 19.8 Å². The number of carbonyl (C=O) groups is 2. The van der Waals surface area contributed by atoms with E-state index in [1.54, 1.807) is 36.4 Å². The second kappa shape index (κ2) is 8.30. The average molecular weight is 381 g/mol. The molecule has 0 aliphatic carbocycles. The molecule has 9 nitrogen and oxygen atoms in total. The number of rotatable bonds is 7. The number of carbonyl (C=O) groups excluding carboxylic acids is 2. The van der Waals surface area contributed by atoms with Crippen LogP contribution < -0.4 is 16.0 Å². The van der Waals surface area contributed by atoms with E-state index in [0.29, 0.717) is 16.5 Å². The van der Waals surface area contributed by atoms with Crippen LogP contribution in [0.15, 0.2) is 53.3 Å². The van der Waals surface area contributed by atoms with Crippen molar-refractivity contribution in [1.29, 1.82) is 0 Å². The Morgan fingerprint density at radius 1 is 1.14 bits per heavy atom. The van der Waals surface area contributed by atoms with Crippen LogP contribution in [-0.2, 0) is 22.6 Å². The number of nitrogens with zero attached hydrogens (tertiary/aromatic N) is 3.